The van der Waals surface area contributed by atoms with Gasteiger partial charge in [-0.05, 0) is 55.3 Å². The van der Waals surface area contributed by atoms with Gasteiger partial charge in [0, 0.05) is 11.8 Å². The number of aromatic nitrogens is 1. The molecule has 0 aliphatic carbocycles. The Morgan fingerprint density at radius 3 is 2.36 bits per heavy atom. The van der Waals surface area contributed by atoms with E-state index in [1.165, 1.54) is 12.1 Å². The first-order valence-electron chi connectivity index (χ1n) is 8.74. The van der Waals surface area contributed by atoms with E-state index < -0.39 is 10.0 Å². The molecule has 3 aromatic rings. The molecule has 1 aromatic heterocycles. The van der Waals surface area contributed by atoms with Crippen molar-refractivity contribution in [3.8, 4) is 0 Å². The number of rotatable bonds is 6. The molecule has 1 amide bonds. The predicted molar refractivity (Wildman–Crippen MR) is 109 cm³/mol. The smallest absolute Gasteiger partial charge is 0.261 e. The van der Waals surface area contributed by atoms with E-state index in [1.54, 1.807) is 30.5 Å². The molecule has 1 heterocycles. The summed E-state index contributed by atoms with van der Waals surface area (Å²) in [7, 11) is -3.82. The number of nitrogens with one attached hydrogen (secondary N) is 2. The van der Waals surface area contributed by atoms with Crippen LogP contribution in [0.4, 0.5) is 5.69 Å². The number of carbonyl (C=O) groups excluding carboxylic acids is 1. The summed E-state index contributed by atoms with van der Waals surface area (Å²) in [4.78, 5) is 16.6. The number of benzene rings is 2. The molecule has 0 unspecified atom stereocenters. The Kier molecular flexibility index (Phi) is 5.75. The van der Waals surface area contributed by atoms with Crippen molar-refractivity contribution in [1.82, 2.24) is 10.3 Å². The number of pyridine rings is 1. The third-order valence-electron chi connectivity index (χ3n) is 4.28. The van der Waals surface area contributed by atoms with E-state index in [1.807, 2.05) is 38.1 Å². The van der Waals surface area contributed by atoms with Gasteiger partial charge in [-0.1, -0.05) is 30.3 Å². The van der Waals surface area contributed by atoms with Crippen molar-refractivity contribution in [3.05, 3.63) is 89.2 Å². The minimum Gasteiger partial charge on any atom is -0.346 e. The zero-order valence-corrected chi connectivity index (χ0v) is 16.5. The van der Waals surface area contributed by atoms with Gasteiger partial charge in [0.25, 0.3) is 15.9 Å². The van der Waals surface area contributed by atoms with Gasteiger partial charge in [0.05, 0.1) is 22.8 Å². The molecule has 2 N–H and O–H groups in total. The Morgan fingerprint density at radius 1 is 0.964 bits per heavy atom. The third kappa shape index (κ3) is 4.55. The number of para-hydroxylation sites is 1. The number of aryl methyl sites for hydroxylation is 2. The van der Waals surface area contributed by atoms with Gasteiger partial charge in [-0.2, -0.15) is 0 Å². The molecule has 3 rings (SSSR count). The van der Waals surface area contributed by atoms with Crippen molar-refractivity contribution in [2.75, 3.05) is 4.72 Å². The number of nitrogens with zero attached hydrogens (tertiary/aromatic N) is 1. The average molecular weight is 395 g/mol. The number of hydrogen-bond donors (Lipinski definition) is 2. The van der Waals surface area contributed by atoms with Gasteiger partial charge in [0.2, 0.25) is 0 Å². The van der Waals surface area contributed by atoms with Gasteiger partial charge in [0.1, 0.15) is 0 Å². The van der Waals surface area contributed by atoms with E-state index in [0.29, 0.717) is 5.69 Å². The van der Waals surface area contributed by atoms with Crippen LogP contribution in [-0.4, -0.2) is 19.3 Å². The molecule has 0 bridgehead atoms. The van der Waals surface area contributed by atoms with E-state index in [2.05, 4.69) is 15.0 Å². The van der Waals surface area contributed by atoms with Crippen molar-refractivity contribution < 1.29 is 13.2 Å². The second kappa shape index (κ2) is 8.22. The molecule has 0 saturated heterocycles. The maximum absolute atomic E-state index is 12.8. The van der Waals surface area contributed by atoms with Crippen LogP contribution in [0.25, 0.3) is 0 Å². The summed E-state index contributed by atoms with van der Waals surface area (Å²) in [6.45, 7) is 3.94. The van der Waals surface area contributed by atoms with Crippen LogP contribution in [0.5, 0.6) is 0 Å². The van der Waals surface area contributed by atoms with Gasteiger partial charge in [-0.15, -0.1) is 0 Å². The largest absolute Gasteiger partial charge is 0.346 e. The van der Waals surface area contributed by atoms with E-state index in [0.717, 1.165) is 16.8 Å². The fraction of sp³-hybridized carbons (Fsp3) is 0.143. The van der Waals surface area contributed by atoms with Crippen LogP contribution < -0.4 is 10.0 Å². The number of anilines is 1. The Labute approximate surface area is 164 Å². The van der Waals surface area contributed by atoms with E-state index >= 15 is 0 Å². The fourth-order valence-electron chi connectivity index (χ4n) is 2.75. The van der Waals surface area contributed by atoms with Crippen molar-refractivity contribution in [2.24, 2.45) is 0 Å². The normalized spacial score (nSPS) is 11.1. The molecule has 0 fully saturated rings. The summed E-state index contributed by atoms with van der Waals surface area (Å²) >= 11 is 0. The van der Waals surface area contributed by atoms with Crippen LogP contribution >= 0.6 is 0 Å². The molecule has 144 valence electrons. The van der Waals surface area contributed by atoms with Gasteiger partial charge in [-0.25, -0.2) is 8.42 Å². The Hall–Kier alpha value is -3.19. The highest BCUT2D eigenvalue weighted by atomic mass is 32.2. The maximum atomic E-state index is 12.8. The van der Waals surface area contributed by atoms with Crippen LogP contribution in [0.2, 0.25) is 0 Å². The quantitative estimate of drug-likeness (QED) is 0.669. The molecule has 0 atom stereocenters. The highest BCUT2D eigenvalue weighted by molar-refractivity contribution is 7.92. The summed E-state index contributed by atoms with van der Waals surface area (Å²) in [5, 5.41) is 2.75. The summed E-state index contributed by atoms with van der Waals surface area (Å²) in [6, 6.07) is 16.9. The highest BCUT2D eigenvalue weighted by Crippen LogP contribution is 2.23. The van der Waals surface area contributed by atoms with Crippen LogP contribution in [0.15, 0.2) is 71.8 Å². The minimum atomic E-state index is -3.82. The fourth-order valence-corrected chi connectivity index (χ4v) is 4.00. The van der Waals surface area contributed by atoms with E-state index in [4.69, 9.17) is 0 Å². The Bertz CT molecular complexity index is 1080. The number of amides is 1. The monoisotopic (exact) mass is 395 g/mol. The van der Waals surface area contributed by atoms with E-state index in [9.17, 15) is 13.2 Å². The summed E-state index contributed by atoms with van der Waals surface area (Å²) in [5.41, 5.74) is 3.19. The first-order chi connectivity index (χ1) is 13.4. The second-order valence-electron chi connectivity index (χ2n) is 6.40. The van der Waals surface area contributed by atoms with Crippen molar-refractivity contribution in [2.45, 2.75) is 25.3 Å². The minimum absolute atomic E-state index is 0.0284. The van der Waals surface area contributed by atoms with Crippen LogP contribution in [0, 0.1) is 13.8 Å². The van der Waals surface area contributed by atoms with Gasteiger partial charge in [-0.3, -0.25) is 14.5 Å². The molecule has 2 aromatic carbocycles. The molecule has 0 radical (unpaired) electrons. The van der Waals surface area contributed by atoms with Gasteiger partial charge in [0.15, 0.2) is 0 Å². The average Bonchev–Trinajstić information content (AvgIpc) is 2.70. The molecule has 28 heavy (non-hydrogen) atoms. The zero-order valence-electron chi connectivity index (χ0n) is 15.6. The standard InChI is InChI=1S/C21H21N3O3S/c1-15-7-5-8-16(2)20(15)24-28(26,27)19-11-6-9-17(13-19)21(25)23-14-18-10-3-4-12-22-18/h3-13,24H,14H2,1-2H3,(H,23,25). The highest BCUT2D eigenvalue weighted by Gasteiger charge is 2.18. The topological polar surface area (TPSA) is 88.2 Å². The predicted octanol–water partition coefficient (Wildman–Crippen LogP) is 3.43. The van der Waals surface area contributed by atoms with Crippen LogP contribution in [0.3, 0.4) is 0 Å². The molecule has 0 aliphatic rings. The van der Waals surface area contributed by atoms with Crippen molar-refractivity contribution >= 4 is 21.6 Å². The SMILES string of the molecule is Cc1cccc(C)c1NS(=O)(=O)c1cccc(C(=O)NCc2ccccn2)c1. The molecule has 0 aliphatic heterocycles. The first-order valence-corrected chi connectivity index (χ1v) is 10.2. The number of hydrogen-bond acceptors (Lipinski definition) is 4. The summed E-state index contributed by atoms with van der Waals surface area (Å²) in [5.74, 6) is -0.366. The van der Waals surface area contributed by atoms with E-state index in [-0.39, 0.29) is 22.9 Å². The first kappa shape index (κ1) is 19.6. The lowest BCUT2D eigenvalue weighted by Gasteiger charge is -2.14. The lowest BCUT2D eigenvalue weighted by atomic mass is 10.1. The zero-order chi connectivity index (χ0) is 20.1. The lowest BCUT2D eigenvalue weighted by molar-refractivity contribution is 0.0950. The molecular weight excluding hydrogens is 374 g/mol. The summed E-state index contributed by atoms with van der Waals surface area (Å²) < 4.78 is 28.2. The lowest BCUT2D eigenvalue weighted by Crippen LogP contribution is -2.23. The third-order valence-corrected chi connectivity index (χ3v) is 5.63. The molecule has 6 nitrogen and oxygen atoms in total. The number of sulfonamides is 1. The number of carbonyl (C=O) groups is 1. The summed E-state index contributed by atoms with van der Waals surface area (Å²) in [6.07, 6.45) is 1.65. The molecule has 7 heteroatoms. The van der Waals surface area contributed by atoms with Gasteiger partial charge >= 0.3 is 0 Å². The van der Waals surface area contributed by atoms with Crippen LogP contribution in [-0.2, 0) is 16.6 Å². The van der Waals surface area contributed by atoms with Crippen LogP contribution in [0.1, 0.15) is 27.2 Å². The molecule has 0 saturated carbocycles. The van der Waals surface area contributed by atoms with Crippen molar-refractivity contribution in [3.63, 3.8) is 0 Å². The van der Waals surface area contributed by atoms with Gasteiger partial charge < -0.3 is 5.32 Å². The molecular formula is C21H21N3O3S. The van der Waals surface area contributed by atoms with Crippen molar-refractivity contribution in [1.29, 1.82) is 0 Å². The maximum Gasteiger partial charge on any atom is 0.261 e. The Morgan fingerprint density at radius 2 is 1.68 bits per heavy atom. The second-order valence-corrected chi connectivity index (χ2v) is 8.09. The molecule has 0 spiro atoms. The Balaban J connectivity index is 1.79.